The minimum atomic E-state index is -0.916. The predicted molar refractivity (Wildman–Crippen MR) is 68.6 cm³/mol. The maximum absolute atomic E-state index is 14.0. The lowest BCUT2D eigenvalue weighted by molar-refractivity contribution is 0.00578. The van der Waals surface area contributed by atoms with E-state index in [9.17, 15) is 8.78 Å². The number of hydrogen-bond donors (Lipinski definition) is 0. The van der Waals surface area contributed by atoms with Gasteiger partial charge in [-0.2, -0.15) is 0 Å². The predicted octanol–water partition coefficient (Wildman–Crippen LogP) is 2.27. The molecule has 0 saturated carbocycles. The van der Waals surface area contributed by atoms with Gasteiger partial charge in [-0.15, -0.1) is 0 Å². The van der Waals surface area contributed by atoms with Gasteiger partial charge in [0.2, 0.25) is 0 Å². The van der Waals surface area contributed by atoms with Crippen LogP contribution in [0.3, 0.4) is 0 Å². The van der Waals surface area contributed by atoms with E-state index in [1.165, 1.54) is 7.11 Å². The summed E-state index contributed by atoms with van der Waals surface area (Å²) in [7, 11) is 0.434. The standard InChI is InChI=1S/C13H17BF2O3/c1-12(2)13(3,4)19-14(18-12)11-9(16)6-8(15)7-10(11)17-5/h6-7H,1-5H3. The van der Waals surface area contributed by atoms with Crippen LogP contribution in [0, 0.1) is 11.6 Å². The second-order valence-electron chi connectivity index (χ2n) is 5.59. The molecular weight excluding hydrogens is 253 g/mol. The average Bonchev–Trinajstić information content (AvgIpc) is 2.46. The summed E-state index contributed by atoms with van der Waals surface area (Å²) in [5.74, 6) is -1.36. The molecule has 6 heteroatoms. The number of halogens is 2. The first-order valence-corrected chi connectivity index (χ1v) is 6.06. The Labute approximate surface area is 112 Å². The molecule has 1 heterocycles. The summed E-state index contributed by atoms with van der Waals surface area (Å²) in [5.41, 5.74) is -1.10. The first-order valence-electron chi connectivity index (χ1n) is 6.06. The summed E-state index contributed by atoms with van der Waals surface area (Å²) in [6.45, 7) is 7.45. The smallest absolute Gasteiger partial charge is 0.497 e. The lowest BCUT2D eigenvalue weighted by Crippen LogP contribution is -2.41. The highest BCUT2D eigenvalue weighted by atomic mass is 19.1. The second-order valence-corrected chi connectivity index (χ2v) is 5.59. The van der Waals surface area contributed by atoms with Crippen LogP contribution >= 0.6 is 0 Å². The van der Waals surface area contributed by atoms with Gasteiger partial charge in [-0.05, 0) is 27.7 Å². The first-order chi connectivity index (χ1) is 8.68. The van der Waals surface area contributed by atoms with Crippen LogP contribution in [-0.2, 0) is 9.31 Å². The Morgan fingerprint density at radius 1 is 1.05 bits per heavy atom. The molecule has 0 atom stereocenters. The number of ether oxygens (including phenoxy) is 1. The first kappa shape index (κ1) is 14.3. The number of hydrogen-bond acceptors (Lipinski definition) is 3. The molecule has 0 spiro atoms. The molecule has 0 aromatic heterocycles. The van der Waals surface area contributed by atoms with E-state index in [4.69, 9.17) is 14.0 Å². The van der Waals surface area contributed by atoms with Gasteiger partial charge in [0.15, 0.2) is 0 Å². The molecule has 1 aliphatic rings. The zero-order valence-electron chi connectivity index (χ0n) is 11.7. The molecule has 0 radical (unpaired) electrons. The Bertz CT molecular complexity index is 487. The van der Waals surface area contributed by atoms with E-state index in [0.717, 1.165) is 12.1 Å². The van der Waals surface area contributed by atoms with E-state index >= 15 is 0 Å². The zero-order valence-corrected chi connectivity index (χ0v) is 11.7. The van der Waals surface area contributed by atoms with Crippen molar-refractivity contribution in [2.75, 3.05) is 7.11 Å². The van der Waals surface area contributed by atoms with Crippen molar-refractivity contribution in [3.05, 3.63) is 23.8 Å². The molecular formula is C13H17BF2O3. The van der Waals surface area contributed by atoms with Gasteiger partial charge >= 0.3 is 7.12 Å². The minimum absolute atomic E-state index is 0.0796. The van der Waals surface area contributed by atoms with Crippen LogP contribution in [0.25, 0.3) is 0 Å². The summed E-state index contributed by atoms with van der Waals surface area (Å²) >= 11 is 0. The summed E-state index contributed by atoms with van der Waals surface area (Å²) in [6.07, 6.45) is 0. The summed E-state index contributed by atoms with van der Waals surface area (Å²) in [5, 5.41) is 0. The molecule has 3 nitrogen and oxygen atoms in total. The normalized spacial score (nSPS) is 20.7. The summed E-state index contributed by atoms with van der Waals surface area (Å²) < 4.78 is 43.7. The van der Waals surface area contributed by atoms with Crippen molar-refractivity contribution in [1.29, 1.82) is 0 Å². The Morgan fingerprint density at radius 3 is 2.05 bits per heavy atom. The molecule has 1 aliphatic heterocycles. The fraction of sp³-hybridized carbons (Fsp3) is 0.538. The third-order valence-electron chi connectivity index (χ3n) is 3.77. The molecule has 1 fully saturated rings. The Hall–Kier alpha value is -1.14. The van der Waals surface area contributed by atoms with Crippen molar-refractivity contribution in [2.45, 2.75) is 38.9 Å². The van der Waals surface area contributed by atoms with Crippen LogP contribution < -0.4 is 10.2 Å². The van der Waals surface area contributed by atoms with Crippen molar-refractivity contribution in [2.24, 2.45) is 0 Å². The molecule has 1 aromatic rings. The monoisotopic (exact) mass is 270 g/mol. The second kappa shape index (κ2) is 4.46. The molecule has 1 saturated heterocycles. The van der Waals surface area contributed by atoms with Gasteiger partial charge in [-0.25, -0.2) is 8.78 Å². The van der Waals surface area contributed by atoms with Gasteiger partial charge in [0.05, 0.1) is 23.8 Å². The number of methoxy groups -OCH3 is 1. The average molecular weight is 270 g/mol. The van der Waals surface area contributed by atoms with Crippen molar-refractivity contribution < 1.29 is 22.8 Å². The fourth-order valence-corrected chi connectivity index (χ4v) is 1.92. The van der Waals surface area contributed by atoms with Gasteiger partial charge in [0.25, 0.3) is 0 Å². The number of rotatable bonds is 2. The minimum Gasteiger partial charge on any atom is -0.497 e. The van der Waals surface area contributed by atoms with Crippen molar-refractivity contribution >= 4 is 12.6 Å². The lowest BCUT2D eigenvalue weighted by Gasteiger charge is -2.32. The third-order valence-corrected chi connectivity index (χ3v) is 3.77. The fourth-order valence-electron chi connectivity index (χ4n) is 1.92. The van der Waals surface area contributed by atoms with Gasteiger partial charge in [-0.1, -0.05) is 0 Å². The van der Waals surface area contributed by atoms with Crippen molar-refractivity contribution in [3.63, 3.8) is 0 Å². The van der Waals surface area contributed by atoms with Gasteiger partial charge < -0.3 is 14.0 Å². The van der Waals surface area contributed by atoms with E-state index in [2.05, 4.69) is 0 Å². The molecule has 2 rings (SSSR count). The van der Waals surface area contributed by atoms with Crippen LogP contribution in [0.2, 0.25) is 0 Å². The Morgan fingerprint density at radius 2 is 1.58 bits per heavy atom. The third kappa shape index (κ3) is 2.34. The maximum Gasteiger partial charge on any atom is 0.501 e. The molecule has 104 valence electrons. The van der Waals surface area contributed by atoms with Crippen LogP contribution in [0.15, 0.2) is 12.1 Å². The largest absolute Gasteiger partial charge is 0.501 e. The molecule has 0 amide bonds. The van der Waals surface area contributed by atoms with E-state index in [1.54, 1.807) is 0 Å². The van der Waals surface area contributed by atoms with Crippen molar-refractivity contribution in [3.8, 4) is 5.75 Å². The zero-order chi connectivity index (χ0) is 14.4. The van der Waals surface area contributed by atoms with Crippen LogP contribution in [-0.4, -0.2) is 25.4 Å². The molecule has 1 aromatic carbocycles. The molecule has 19 heavy (non-hydrogen) atoms. The topological polar surface area (TPSA) is 27.7 Å². The van der Waals surface area contributed by atoms with Gasteiger partial charge in [-0.3, -0.25) is 0 Å². The maximum atomic E-state index is 14.0. The highest BCUT2D eigenvalue weighted by Crippen LogP contribution is 2.37. The lowest BCUT2D eigenvalue weighted by atomic mass is 9.78. The Kier molecular flexibility index (Phi) is 3.35. The van der Waals surface area contributed by atoms with E-state index < -0.39 is 30.0 Å². The molecule has 0 unspecified atom stereocenters. The number of benzene rings is 1. The van der Waals surface area contributed by atoms with Crippen molar-refractivity contribution in [1.82, 2.24) is 0 Å². The van der Waals surface area contributed by atoms with Crippen LogP contribution in [0.1, 0.15) is 27.7 Å². The van der Waals surface area contributed by atoms with Crippen LogP contribution in [0.4, 0.5) is 8.78 Å². The van der Waals surface area contributed by atoms with E-state index in [1.807, 2.05) is 27.7 Å². The van der Waals surface area contributed by atoms with Crippen LogP contribution in [0.5, 0.6) is 5.75 Å². The SMILES string of the molecule is COc1cc(F)cc(F)c1B1OC(C)(C)C(C)(C)O1. The summed E-state index contributed by atoms with van der Waals surface area (Å²) in [4.78, 5) is 0. The molecule has 0 aliphatic carbocycles. The van der Waals surface area contributed by atoms with E-state index in [0.29, 0.717) is 0 Å². The summed E-state index contributed by atoms with van der Waals surface area (Å²) in [6, 6.07) is 1.91. The van der Waals surface area contributed by atoms with Gasteiger partial charge in [0, 0.05) is 12.1 Å². The van der Waals surface area contributed by atoms with Gasteiger partial charge in [0.1, 0.15) is 17.4 Å². The Balaban J connectivity index is 2.45. The van der Waals surface area contributed by atoms with E-state index in [-0.39, 0.29) is 11.2 Å². The molecule has 0 N–H and O–H groups in total. The highest BCUT2D eigenvalue weighted by molar-refractivity contribution is 6.63. The quantitative estimate of drug-likeness (QED) is 0.771. The molecule has 0 bridgehead atoms. The highest BCUT2D eigenvalue weighted by Gasteiger charge is 2.53.